The molecule has 0 radical (unpaired) electrons. The standard InChI is InChI=1S/C26H23N5O/c1-17-21(16-24(32)28-18(2)26-30-29-23-14-8-9-15-31(23)26)25(19-10-4-3-5-11-19)20-12-6-7-13-22(20)27-17/h3-15,18H,16H2,1-2H3,(H,28,32). The van der Waals surface area contributed by atoms with Gasteiger partial charge in [-0.05, 0) is 48.7 Å². The first-order chi connectivity index (χ1) is 15.6. The van der Waals surface area contributed by atoms with Gasteiger partial charge in [0, 0.05) is 17.3 Å². The van der Waals surface area contributed by atoms with Gasteiger partial charge in [-0.15, -0.1) is 10.2 Å². The fourth-order valence-electron chi connectivity index (χ4n) is 4.20. The van der Waals surface area contributed by atoms with Crippen molar-refractivity contribution in [3.63, 3.8) is 0 Å². The Morgan fingerprint density at radius 2 is 1.72 bits per heavy atom. The quantitative estimate of drug-likeness (QED) is 0.448. The minimum Gasteiger partial charge on any atom is -0.346 e. The van der Waals surface area contributed by atoms with E-state index in [2.05, 4.69) is 33.7 Å². The molecule has 0 aliphatic rings. The largest absolute Gasteiger partial charge is 0.346 e. The van der Waals surface area contributed by atoms with Crippen LogP contribution in [0.1, 0.15) is 30.0 Å². The number of amides is 1. The molecule has 0 bridgehead atoms. The van der Waals surface area contributed by atoms with E-state index in [0.29, 0.717) is 5.82 Å². The number of para-hydroxylation sites is 1. The summed E-state index contributed by atoms with van der Waals surface area (Å²) < 4.78 is 1.89. The molecule has 0 fully saturated rings. The molecule has 0 spiro atoms. The molecule has 6 heteroatoms. The molecule has 0 aliphatic heterocycles. The van der Waals surface area contributed by atoms with Gasteiger partial charge in [0.25, 0.3) is 0 Å². The third-order valence-corrected chi connectivity index (χ3v) is 5.70. The van der Waals surface area contributed by atoms with Crippen molar-refractivity contribution < 1.29 is 4.79 Å². The predicted molar refractivity (Wildman–Crippen MR) is 125 cm³/mol. The normalized spacial score (nSPS) is 12.2. The van der Waals surface area contributed by atoms with Gasteiger partial charge in [0.1, 0.15) is 0 Å². The van der Waals surface area contributed by atoms with Crippen LogP contribution >= 0.6 is 0 Å². The number of carbonyl (C=O) groups excluding carboxylic acids is 1. The topological polar surface area (TPSA) is 72.2 Å². The van der Waals surface area contributed by atoms with Gasteiger partial charge < -0.3 is 5.32 Å². The fraction of sp³-hybridized carbons (Fsp3) is 0.154. The van der Waals surface area contributed by atoms with Crippen molar-refractivity contribution in [3.8, 4) is 11.1 Å². The van der Waals surface area contributed by atoms with Crippen molar-refractivity contribution in [2.24, 2.45) is 0 Å². The molecule has 1 N–H and O–H groups in total. The monoisotopic (exact) mass is 421 g/mol. The summed E-state index contributed by atoms with van der Waals surface area (Å²) in [5.74, 6) is 0.619. The molecule has 5 aromatic rings. The maximum atomic E-state index is 13.1. The zero-order valence-electron chi connectivity index (χ0n) is 18.0. The van der Waals surface area contributed by atoms with Crippen LogP contribution in [0.3, 0.4) is 0 Å². The number of benzene rings is 2. The van der Waals surface area contributed by atoms with E-state index in [1.807, 2.05) is 79.0 Å². The lowest BCUT2D eigenvalue weighted by atomic mass is 9.92. The Morgan fingerprint density at radius 1 is 0.969 bits per heavy atom. The first-order valence-corrected chi connectivity index (χ1v) is 10.6. The van der Waals surface area contributed by atoms with Crippen LogP contribution in [0.15, 0.2) is 79.0 Å². The number of fused-ring (bicyclic) bond motifs is 2. The van der Waals surface area contributed by atoms with Gasteiger partial charge in [0.15, 0.2) is 11.5 Å². The summed E-state index contributed by atoms with van der Waals surface area (Å²) in [5.41, 5.74) is 5.61. The summed E-state index contributed by atoms with van der Waals surface area (Å²) in [7, 11) is 0. The summed E-state index contributed by atoms with van der Waals surface area (Å²) in [6.07, 6.45) is 2.13. The molecule has 158 valence electrons. The van der Waals surface area contributed by atoms with Crippen molar-refractivity contribution in [3.05, 3.63) is 96.1 Å². The Labute approximate surface area is 186 Å². The maximum absolute atomic E-state index is 13.1. The first kappa shape index (κ1) is 19.9. The highest BCUT2D eigenvalue weighted by atomic mass is 16.1. The molecule has 0 saturated carbocycles. The lowest BCUT2D eigenvalue weighted by molar-refractivity contribution is -0.121. The minimum absolute atomic E-state index is 0.0810. The van der Waals surface area contributed by atoms with Crippen LogP contribution in [0.2, 0.25) is 0 Å². The van der Waals surface area contributed by atoms with Crippen LogP contribution in [0.5, 0.6) is 0 Å². The third-order valence-electron chi connectivity index (χ3n) is 5.70. The van der Waals surface area contributed by atoms with Crippen molar-refractivity contribution in [1.29, 1.82) is 0 Å². The molecular weight excluding hydrogens is 398 g/mol. The zero-order valence-corrected chi connectivity index (χ0v) is 18.0. The van der Waals surface area contributed by atoms with Crippen LogP contribution in [0.4, 0.5) is 0 Å². The second kappa shape index (κ2) is 8.23. The average molecular weight is 422 g/mol. The van der Waals surface area contributed by atoms with E-state index in [4.69, 9.17) is 4.98 Å². The fourth-order valence-corrected chi connectivity index (χ4v) is 4.20. The van der Waals surface area contributed by atoms with Gasteiger partial charge in [-0.25, -0.2) is 0 Å². The Kier molecular flexibility index (Phi) is 5.11. The van der Waals surface area contributed by atoms with Gasteiger partial charge in [-0.2, -0.15) is 0 Å². The van der Waals surface area contributed by atoms with E-state index in [0.717, 1.165) is 38.9 Å². The lowest BCUT2D eigenvalue weighted by Crippen LogP contribution is -2.29. The molecule has 6 nitrogen and oxygen atoms in total. The molecule has 1 amide bonds. The second-order valence-corrected chi connectivity index (χ2v) is 7.89. The van der Waals surface area contributed by atoms with Crippen LogP contribution in [-0.4, -0.2) is 25.5 Å². The molecular formula is C26H23N5O. The molecule has 1 unspecified atom stereocenters. The number of hydrogen-bond acceptors (Lipinski definition) is 4. The van der Waals surface area contributed by atoms with E-state index in [9.17, 15) is 4.79 Å². The predicted octanol–water partition coefficient (Wildman–Crippen LogP) is 4.67. The van der Waals surface area contributed by atoms with Gasteiger partial charge in [0.2, 0.25) is 5.91 Å². The Morgan fingerprint density at radius 3 is 2.56 bits per heavy atom. The van der Waals surface area contributed by atoms with Crippen molar-refractivity contribution in [2.45, 2.75) is 26.3 Å². The SMILES string of the molecule is Cc1nc2ccccc2c(-c2ccccc2)c1CC(=O)NC(C)c1nnc2ccccn12. The summed E-state index contributed by atoms with van der Waals surface area (Å²) in [5, 5.41) is 12.6. The third kappa shape index (κ3) is 3.60. The number of pyridine rings is 2. The summed E-state index contributed by atoms with van der Waals surface area (Å²) in [6.45, 7) is 3.89. The zero-order chi connectivity index (χ0) is 22.1. The van der Waals surface area contributed by atoms with Crippen LogP contribution < -0.4 is 5.32 Å². The molecule has 0 saturated heterocycles. The highest BCUT2D eigenvalue weighted by Gasteiger charge is 2.20. The van der Waals surface area contributed by atoms with Gasteiger partial charge in [-0.1, -0.05) is 54.6 Å². The van der Waals surface area contributed by atoms with E-state index < -0.39 is 0 Å². The van der Waals surface area contributed by atoms with Crippen molar-refractivity contribution in [1.82, 2.24) is 24.9 Å². The van der Waals surface area contributed by atoms with Crippen molar-refractivity contribution >= 4 is 22.5 Å². The summed E-state index contributed by atoms with van der Waals surface area (Å²) >= 11 is 0. The van der Waals surface area contributed by atoms with E-state index in [1.54, 1.807) is 0 Å². The second-order valence-electron chi connectivity index (χ2n) is 7.89. The number of carbonyl (C=O) groups is 1. The number of hydrogen-bond donors (Lipinski definition) is 1. The molecule has 3 heterocycles. The van der Waals surface area contributed by atoms with Crippen molar-refractivity contribution in [2.75, 3.05) is 0 Å². The summed E-state index contributed by atoms with van der Waals surface area (Å²) in [4.78, 5) is 17.9. The lowest BCUT2D eigenvalue weighted by Gasteiger charge is -2.17. The molecule has 1 atom stereocenters. The first-order valence-electron chi connectivity index (χ1n) is 10.6. The molecule has 3 aromatic heterocycles. The van der Waals surface area contributed by atoms with Gasteiger partial charge in [-0.3, -0.25) is 14.2 Å². The van der Waals surface area contributed by atoms with Crippen LogP contribution in [-0.2, 0) is 11.2 Å². The number of nitrogens with zero attached hydrogens (tertiary/aromatic N) is 4. The highest BCUT2D eigenvalue weighted by Crippen LogP contribution is 2.33. The molecule has 0 aliphatic carbocycles. The van der Waals surface area contributed by atoms with E-state index in [1.165, 1.54) is 0 Å². The van der Waals surface area contributed by atoms with Crippen LogP contribution in [0.25, 0.3) is 27.7 Å². The van der Waals surface area contributed by atoms with E-state index in [-0.39, 0.29) is 18.4 Å². The van der Waals surface area contributed by atoms with Crippen LogP contribution in [0, 0.1) is 6.92 Å². The summed E-state index contributed by atoms with van der Waals surface area (Å²) in [6, 6.07) is 23.7. The average Bonchev–Trinajstić information content (AvgIpc) is 3.24. The molecule has 2 aromatic carbocycles. The molecule has 32 heavy (non-hydrogen) atoms. The molecule has 5 rings (SSSR count). The number of rotatable bonds is 5. The number of aromatic nitrogens is 4. The Bertz CT molecular complexity index is 1420. The number of aryl methyl sites for hydroxylation is 1. The smallest absolute Gasteiger partial charge is 0.225 e. The number of nitrogens with one attached hydrogen (secondary N) is 1. The van der Waals surface area contributed by atoms with Gasteiger partial charge in [0.05, 0.1) is 18.0 Å². The Balaban J connectivity index is 1.50. The Hall–Kier alpha value is -4.06. The maximum Gasteiger partial charge on any atom is 0.225 e. The minimum atomic E-state index is -0.284. The highest BCUT2D eigenvalue weighted by molar-refractivity contribution is 5.98. The van der Waals surface area contributed by atoms with E-state index >= 15 is 0 Å². The van der Waals surface area contributed by atoms with Gasteiger partial charge >= 0.3 is 0 Å².